The highest BCUT2D eigenvalue weighted by molar-refractivity contribution is 6.07. The summed E-state index contributed by atoms with van der Waals surface area (Å²) in [6.07, 6.45) is 2.90. The van der Waals surface area contributed by atoms with Crippen molar-refractivity contribution in [3.05, 3.63) is 46.3 Å². The van der Waals surface area contributed by atoms with E-state index in [9.17, 15) is 14.9 Å². The number of aromatic nitrogens is 2. The van der Waals surface area contributed by atoms with Gasteiger partial charge < -0.3 is 10.6 Å². The van der Waals surface area contributed by atoms with Gasteiger partial charge in [-0.05, 0) is 19.1 Å². The second kappa shape index (κ2) is 5.83. The van der Waals surface area contributed by atoms with Crippen molar-refractivity contribution in [2.24, 2.45) is 0 Å². The fourth-order valence-corrected chi connectivity index (χ4v) is 1.71. The Bertz CT molecular complexity index is 624. The van der Waals surface area contributed by atoms with Gasteiger partial charge in [0.05, 0.1) is 16.8 Å². The van der Waals surface area contributed by atoms with Crippen LogP contribution in [0.5, 0.6) is 0 Å². The van der Waals surface area contributed by atoms with E-state index >= 15 is 0 Å². The highest BCUT2D eigenvalue weighted by Crippen LogP contribution is 2.23. The van der Waals surface area contributed by atoms with E-state index < -0.39 is 10.8 Å². The molecule has 8 heteroatoms. The summed E-state index contributed by atoms with van der Waals surface area (Å²) in [4.78, 5) is 22.5. The van der Waals surface area contributed by atoms with Gasteiger partial charge in [0.15, 0.2) is 0 Å². The SMILES string of the molecule is CCNc1ccc([N+](=O)[O-])c(C(=O)Nc2cn[nH]c2)c1. The fraction of sp³-hybridized carbons (Fsp3) is 0.167. The third-order valence-electron chi connectivity index (χ3n) is 2.57. The van der Waals surface area contributed by atoms with E-state index in [1.807, 2.05) is 6.92 Å². The van der Waals surface area contributed by atoms with Crippen molar-refractivity contribution in [3.63, 3.8) is 0 Å². The van der Waals surface area contributed by atoms with Crippen molar-refractivity contribution in [1.29, 1.82) is 0 Å². The summed E-state index contributed by atoms with van der Waals surface area (Å²) in [6, 6.07) is 4.33. The van der Waals surface area contributed by atoms with Crippen LogP contribution in [0.4, 0.5) is 17.1 Å². The van der Waals surface area contributed by atoms with E-state index in [0.717, 1.165) is 0 Å². The highest BCUT2D eigenvalue weighted by Gasteiger charge is 2.21. The lowest BCUT2D eigenvalue weighted by molar-refractivity contribution is -0.385. The lowest BCUT2D eigenvalue weighted by Crippen LogP contribution is -2.14. The van der Waals surface area contributed by atoms with Crippen LogP contribution < -0.4 is 10.6 Å². The topological polar surface area (TPSA) is 113 Å². The molecule has 0 fully saturated rings. The number of aromatic amines is 1. The first-order valence-corrected chi connectivity index (χ1v) is 5.94. The molecule has 8 nitrogen and oxygen atoms in total. The molecular formula is C12H13N5O3. The number of carbonyl (C=O) groups is 1. The number of hydrogen-bond acceptors (Lipinski definition) is 5. The molecule has 1 heterocycles. The van der Waals surface area contributed by atoms with Crippen LogP contribution in [0, 0.1) is 10.1 Å². The molecule has 1 amide bonds. The smallest absolute Gasteiger partial charge is 0.282 e. The molecule has 1 aromatic heterocycles. The van der Waals surface area contributed by atoms with E-state index in [0.29, 0.717) is 17.9 Å². The summed E-state index contributed by atoms with van der Waals surface area (Å²) in [5, 5.41) is 22.8. The minimum absolute atomic E-state index is 0.00495. The van der Waals surface area contributed by atoms with E-state index in [-0.39, 0.29) is 11.3 Å². The summed E-state index contributed by atoms with van der Waals surface area (Å²) in [7, 11) is 0. The number of benzene rings is 1. The third kappa shape index (κ3) is 2.91. The molecule has 0 aliphatic carbocycles. The van der Waals surface area contributed by atoms with Gasteiger partial charge in [-0.1, -0.05) is 0 Å². The average Bonchev–Trinajstić information content (AvgIpc) is 2.91. The largest absolute Gasteiger partial charge is 0.385 e. The molecule has 0 atom stereocenters. The summed E-state index contributed by atoms with van der Waals surface area (Å²) in [5.41, 5.74) is 0.843. The summed E-state index contributed by atoms with van der Waals surface area (Å²) >= 11 is 0. The molecule has 0 bridgehead atoms. The van der Waals surface area contributed by atoms with Crippen molar-refractivity contribution in [2.45, 2.75) is 6.92 Å². The first-order valence-electron chi connectivity index (χ1n) is 5.94. The van der Waals surface area contributed by atoms with Gasteiger partial charge >= 0.3 is 0 Å². The molecule has 1 aromatic carbocycles. The standard InChI is InChI=1S/C12H13N5O3/c1-2-13-8-3-4-11(17(19)20)10(5-8)12(18)16-9-6-14-15-7-9/h3-7,13H,2H2,1H3,(H,14,15)(H,16,18). The lowest BCUT2D eigenvalue weighted by atomic mass is 10.1. The lowest BCUT2D eigenvalue weighted by Gasteiger charge is -2.07. The molecule has 20 heavy (non-hydrogen) atoms. The van der Waals surface area contributed by atoms with Crippen LogP contribution in [0.2, 0.25) is 0 Å². The molecular weight excluding hydrogens is 262 g/mol. The zero-order valence-electron chi connectivity index (χ0n) is 10.7. The third-order valence-corrected chi connectivity index (χ3v) is 2.57. The molecule has 2 rings (SSSR count). The van der Waals surface area contributed by atoms with Gasteiger partial charge in [0, 0.05) is 24.5 Å². The monoisotopic (exact) mass is 275 g/mol. The maximum absolute atomic E-state index is 12.1. The highest BCUT2D eigenvalue weighted by atomic mass is 16.6. The van der Waals surface area contributed by atoms with Gasteiger partial charge in [-0.25, -0.2) is 0 Å². The maximum Gasteiger partial charge on any atom is 0.282 e. The number of nitro benzene ring substituents is 1. The maximum atomic E-state index is 12.1. The van der Waals surface area contributed by atoms with Gasteiger partial charge in [0.25, 0.3) is 11.6 Å². The number of H-pyrrole nitrogens is 1. The van der Waals surface area contributed by atoms with Crippen LogP contribution in [-0.2, 0) is 0 Å². The Morgan fingerprint density at radius 3 is 2.85 bits per heavy atom. The second-order valence-corrected chi connectivity index (χ2v) is 3.96. The number of rotatable bonds is 5. The van der Waals surface area contributed by atoms with Crippen molar-refractivity contribution in [3.8, 4) is 0 Å². The Balaban J connectivity index is 2.33. The van der Waals surface area contributed by atoms with E-state index in [1.165, 1.54) is 24.5 Å². The normalized spacial score (nSPS) is 10.1. The fourth-order valence-electron chi connectivity index (χ4n) is 1.71. The van der Waals surface area contributed by atoms with Gasteiger partial charge in [-0.15, -0.1) is 0 Å². The molecule has 0 radical (unpaired) electrons. The van der Waals surface area contributed by atoms with Crippen molar-refractivity contribution in [1.82, 2.24) is 10.2 Å². The number of amides is 1. The molecule has 0 saturated carbocycles. The Morgan fingerprint density at radius 1 is 1.45 bits per heavy atom. The summed E-state index contributed by atoms with van der Waals surface area (Å²) in [5.74, 6) is -0.558. The molecule has 0 saturated heterocycles. The van der Waals surface area contributed by atoms with Crippen LogP contribution in [0.25, 0.3) is 0 Å². The van der Waals surface area contributed by atoms with E-state index in [2.05, 4.69) is 20.8 Å². The number of nitrogens with one attached hydrogen (secondary N) is 3. The summed E-state index contributed by atoms with van der Waals surface area (Å²) < 4.78 is 0. The predicted molar refractivity (Wildman–Crippen MR) is 73.8 cm³/mol. The molecule has 0 aliphatic rings. The predicted octanol–water partition coefficient (Wildman–Crippen LogP) is 2.00. The van der Waals surface area contributed by atoms with Gasteiger partial charge in [0.1, 0.15) is 5.56 Å². The number of nitrogens with zero attached hydrogens (tertiary/aromatic N) is 2. The number of nitro groups is 1. The minimum atomic E-state index is -0.583. The number of hydrogen-bond donors (Lipinski definition) is 3. The second-order valence-electron chi connectivity index (χ2n) is 3.96. The van der Waals surface area contributed by atoms with Crippen LogP contribution in [0.3, 0.4) is 0 Å². The van der Waals surface area contributed by atoms with Crippen LogP contribution in [0.15, 0.2) is 30.6 Å². The molecule has 0 spiro atoms. The molecule has 0 unspecified atom stereocenters. The van der Waals surface area contributed by atoms with E-state index in [1.54, 1.807) is 6.07 Å². The zero-order chi connectivity index (χ0) is 14.5. The van der Waals surface area contributed by atoms with Crippen molar-refractivity contribution in [2.75, 3.05) is 17.2 Å². The van der Waals surface area contributed by atoms with Crippen LogP contribution in [0.1, 0.15) is 17.3 Å². The van der Waals surface area contributed by atoms with Crippen molar-refractivity contribution >= 4 is 23.0 Å². The Morgan fingerprint density at radius 2 is 2.25 bits per heavy atom. The quantitative estimate of drug-likeness (QED) is 0.570. The number of anilines is 2. The van der Waals surface area contributed by atoms with Gasteiger partial charge in [-0.2, -0.15) is 5.10 Å². The first kappa shape index (κ1) is 13.5. The Hall–Kier alpha value is -2.90. The average molecular weight is 275 g/mol. The molecule has 104 valence electrons. The molecule has 0 aliphatic heterocycles. The molecule has 2 aromatic rings. The molecule has 3 N–H and O–H groups in total. The van der Waals surface area contributed by atoms with Crippen molar-refractivity contribution < 1.29 is 9.72 Å². The Labute approximate surface area is 114 Å². The number of carbonyl (C=O) groups excluding carboxylic acids is 1. The first-order chi connectivity index (χ1) is 9.61. The van der Waals surface area contributed by atoms with E-state index in [4.69, 9.17) is 0 Å². The zero-order valence-corrected chi connectivity index (χ0v) is 10.7. The van der Waals surface area contributed by atoms with Gasteiger partial charge in [0.2, 0.25) is 0 Å². The van der Waals surface area contributed by atoms with Gasteiger partial charge in [-0.3, -0.25) is 20.0 Å². The van der Waals surface area contributed by atoms with Crippen LogP contribution in [-0.4, -0.2) is 27.6 Å². The summed E-state index contributed by atoms with van der Waals surface area (Å²) in [6.45, 7) is 2.55. The van der Waals surface area contributed by atoms with Crippen LogP contribution >= 0.6 is 0 Å². The Kier molecular flexibility index (Phi) is 3.94. The minimum Gasteiger partial charge on any atom is -0.385 e.